The van der Waals surface area contributed by atoms with Gasteiger partial charge in [0.1, 0.15) is 0 Å². The molecule has 0 unspecified atom stereocenters. The number of piperazine rings is 1. The molecule has 0 bridgehead atoms. The summed E-state index contributed by atoms with van der Waals surface area (Å²) in [6.07, 6.45) is 4.92. The van der Waals surface area contributed by atoms with Gasteiger partial charge in [0.2, 0.25) is 5.95 Å². The number of carbonyl (C=O) groups is 1. The summed E-state index contributed by atoms with van der Waals surface area (Å²) in [6, 6.07) is 5.74. The Morgan fingerprint density at radius 2 is 1.88 bits per heavy atom. The summed E-state index contributed by atoms with van der Waals surface area (Å²) >= 11 is 0. The van der Waals surface area contributed by atoms with Crippen LogP contribution in [0.1, 0.15) is 23.0 Å². The van der Waals surface area contributed by atoms with Crippen LogP contribution in [-0.2, 0) is 6.54 Å². The molecule has 1 N–H and O–H groups in total. The van der Waals surface area contributed by atoms with Crippen molar-refractivity contribution in [2.45, 2.75) is 13.5 Å². The van der Waals surface area contributed by atoms with Gasteiger partial charge in [-0.2, -0.15) is 0 Å². The van der Waals surface area contributed by atoms with Crippen LogP contribution < -0.4 is 5.32 Å². The van der Waals surface area contributed by atoms with Gasteiger partial charge < -0.3 is 15.1 Å². The number of hydrogen-bond acceptors (Lipinski definition) is 6. The van der Waals surface area contributed by atoms with Crippen LogP contribution >= 0.6 is 0 Å². The molecule has 0 spiro atoms. The van der Waals surface area contributed by atoms with E-state index in [0.29, 0.717) is 18.1 Å². The highest BCUT2D eigenvalue weighted by atomic mass is 16.2. The number of rotatable bonds is 5. The molecule has 1 fully saturated rings. The fraction of sp³-hybridized carbons (Fsp3) is 0.412. The highest BCUT2D eigenvalue weighted by Gasteiger charge is 2.21. The van der Waals surface area contributed by atoms with Crippen molar-refractivity contribution in [3.8, 4) is 0 Å². The maximum absolute atomic E-state index is 12.5. The Balaban J connectivity index is 1.55. The number of pyridine rings is 1. The van der Waals surface area contributed by atoms with Crippen molar-refractivity contribution in [3.05, 3.63) is 48.0 Å². The van der Waals surface area contributed by atoms with Crippen LogP contribution in [0.15, 0.2) is 36.8 Å². The van der Waals surface area contributed by atoms with Crippen LogP contribution in [0.5, 0.6) is 0 Å². The normalized spacial score (nSPS) is 15.3. The maximum Gasteiger partial charge on any atom is 0.257 e. The molecule has 24 heavy (non-hydrogen) atoms. The number of nitrogens with zero attached hydrogens (tertiary/aromatic N) is 5. The first kappa shape index (κ1) is 16.3. The Morgan fingerprint density at radius 3 is 2.50 bits per heavy atom. The maximum atomic E-state index is 12.5. The SMILES string of the molecule is CCN1CCN(C(=O)c2cnc(NCc3ccccn3)nc2)CC1. The molecule has 3 heterocycles. The van der Waals surface area contributed by atoms with E-state index in [4.69, 9.17) is 0 Å². The fourth-order valence-corrected chi connectivity index (χ4v) is 2.65. The van der Waals surface area contributed by atoms with Crippen molar-refractivity contribution in [1.82, 2.24) is 24.8 Å². The Morgan fingerprint density at radius 1 is 1.12 bits per heavy atom. The van der Waals surface area contributed by atoms with Crippen LogP contribution in [0.3, 0.4) is 0 Å². The van der Waals surface area contributed by atoms with Gasteiger partial charge in [-0.1, -0.05) is 13.0 Å². The standard InChI is InChI=1S/C17H22N6O/c1-2-22-7-9-23(10-8-22)16(24)14-11-19-17(20-12-14)21-13-15-5-3-4-6-18-15/h3-6,11-12H,2,7-10,13H2,1H3,(H,19,20,21). The van der Waals surface area contributed by atoms with Gasteiger partial charge in [-0.05, 0) is 18.7 Å². The molecule has 7 heteroatoms. The van der Waals surface area contributed by atoms with Crippen LogP contribution in [0, 0.1) is 0 Å². The largest absolute Gasteiger partial charge is 0.349 e. The number of likely N-dealkylation sites (N-methyl/N-ethyl adjacent to an activating group) is 1. The molecular formula is C17H22N6O. The second-order valence-corrected chi connectivity index (χ2v) is 5.70. The van der Waals surface area contributed by atoms with E-state index in [0.717, 1.165) is 38.4 Å². The summed E-state index contributed by atoms with van der Waals surface area (Å²) in [5, 5.41) is 3.10. The molecule has 0 radical (unpaired) electrons. The minimum atomic E-state index is 0.00188. The van der Waals surface area contributed by atoms with Crippen LogP contribution in [0.4, 0.5) is 5.95 Å². The van der Waals surface area contributed by atoms with E-state index >= 15 is 0 Å². The van der Waals surface area contributed by atoms with Gasteiger partial charge in [-0.15, -0.1) is 0 Å². The van der Waals surface area contributed by atoms with Crippen molar-refractivity contribution in [1.29, 1.82) is 0 Å². The molecule has 0 aromatic carbocycles. The molecule has 1 amide bonds. The lowest BCUT2D eigenvalue weighted by Gasteiger charge is -2.33. The number of aromatic nitrogens is 3. The van der Waals surface area contributed by atoms with Gasteiger partial charge in [0.15, 0.2) is 0 Å². The minimum absolute atomic E-state index is 0.00188. The van der Waals surface area contributed by atoms with Crippen molar-refractivity contribution in [2.24, 2.45) is 0 Å². The quantitative estimate of drug-likeness (QED) is 0.892. The van der Waals surface area contributed by atoms with E-state index < -0.39 is 0 Å². The number of hydrogen-bond donors (Lipinski definition) is 1. The summed E-state index contributed by atoms with van der Waals surface area (Å²) in [6.45, 7) is 7.08. The molecule has 0 atom stereocenters. The van der Waals surface area contributed by atoms with E-state index in [1.54, 1.807) is 18.6 Å². The first-order chi connectivity index (χ1) is 11.8. The monoisotopic (exact) mass is 326 g/mol. The first-order valence-electron chi connectivity index (χ1n) is 8.23. The Labute approximate surface area is 141 Å². The lowest BCUT2D eigenvalue weighted by molar-refractivity contribution is 0.0642. The lowest BCUT2D eigenvalue weighted by atomic mass is 10.2. The van der Waals surface area contributed by atoms with Gasteiger partial charge in [0.25, 0.3) is 5.91 Å². The fourth-order valence-electron chi connectivity index (χ4n) is 2.65. The summed E-state index contributed by atoms with van der Waals surface area (Å²) in [7, 11) is 0. The molecule has 0 aliphatic carbocycles. The molecular weight excluding hydrogens is 304 g/mol. The smallest absolute Gasteiger partial charge is 0.257 e. The number of amides is 1. The van der Waals surface area contributed by atoms with Crippen molar-refractivity contribution in [3.63, 3.8) is 0 Å². The van der Waals surface area contributed by atoms with Gasteiger partial charge in [0, 0.05) is 44.8 Å². The van der Waals surface area contributed by atoms with E-state index in [9.17, 15) is 4.79 Å². The van der Waals surface area contributed by atoms with Crippen molar-refractivity contribution < 1.29 is 4.79 Å². The molecule has 3 rings (SSSR count). The lowest BCUT2D eigenvalue weighted by Crippen LogP contribution is -2.48. The third kappa shape index (κ3) is 4.05. The molecule has 1 aliphatic rings. The Bertz CT molecular complexity index is 653. The second kappa shape index (κ2) is 7.83. The summed E-state index contributed by atoms with van der Waals surface area (Å²) in [4.78, 5) is 29.4. The van der Waals surface area contributed by atoms with E-state index in [1.165, 1.54) is 0 Å². The average molecular weight is 326 g/mol. The van der Waals surface area contributed by atoms with E-state index in [1.807, 2.05) is 23.1 Å². The first-order valence-corrected chi connectivity index (χ1v) is 8.23. The topological polar surface area (TPSA) is 74.2 Å². The molecule has 126 valence electrons. The molecule has 1 saturated heterocycles. The average Bonchev–Trinajstić information content (AvgIpc) is 2.67. The Kier molecular flexibility index (Phi) is 5.32. The molecule has 2 aromatic heterocycles. The molecule has 0 saturated carbocycles. The zero-order valence-corrected chi connectivity index (χ0v) is 13.9. The molecule has 7 nitrogen and oxygen atoms in total. The van der Waals surface area contributed by atoms with Crippen LogP contribution in [0.2, 0.25) is 0 Å². The minimum Gasteiger partial charge on any atom is -0.349 e. The molecule has 2 aromatic rings. The summed E-state index contributed by atoms with van der Waals surface area (Å²) in [5.74, 6) is 0.495. The van der Waals surface area contributed by atoms with Crippen LogP contribution in [-0.4, -0.2) is 63.4 Å². The van der Waals surface area contributed by atoms with Crippen LogP contribution in [0.25, 0.3) is 0 Å². The second-order valence-electron chi connectivity index (χ2n) is 5.70. The number of anilines is 1. The third-order valence-corrected chi connectivity index (χ3v) is 4.16. The van der Waals surface area contributed by atoms with Gasteiger partial charge >= 0.3 is 0 Å². The van der Waals surface area contributed by atoms with Gasteiger partial charge in [0.05, 0.1) is 17.8 Å². The van der Waals surface area contributed by atoms with Crippen molar-refractivity contribution >= 4 is 11.9 Å². The van der Waals surface area contributed by atoms with E-state index in [2.05, 4.69) is 32.1 Å². The summed E-state index contributed by atoms with van der Waals surface area (Å²) in [5.41, 5.74) is 1.44. The highest BCUT2D eigenvalue weighted by molar-refractivity contribution is 5.93. The molecule has 1 aliphatic heterocycles. The number of nitrogens with one attached hydrogen (secondary N) is 1. The Hall–Kier alpha value is -2.54. The predicted molar refractivity (Wildman–Crippen MR) is 91.6 cm³/mol. The predicted octanol–water partition coefficient (Wildman–Crippen LogP) is 1.26. The van der Waals surface area contributed by atoms with E-state index in [-0.39, 0.29) is 5.91 Å². The van der Waals surface area contributed by atoms with Gasteiger partial charge in [-0.25, -0.2) is 9.97 Å². The zero-order chi connectivity index (χ0) is 16.8. The third-order valence-electron chi connectivity index (χ3n) is 4.16. The van der Waals surface area contributed by atoms with Crippen molar-refractivity contribution in [2.75, 3.05) is 38.0 Å². The van der Waals surface area contributed by atoms with Gasteiger partial charge in [-0.3, -0.25) is 9.78 Å². The summed E-state index contributed by atoms with van der Waals surface area (Å²) < 4.78 is 0. The number of carbonyl (C=O) groups excluding carboxylic acids is 1. The zero-order valence-electron chi connectivity index (χ0n) is 13.9. The highest BCUT2D eigenvalue weighted by Crippen LogP contribution is 2.09.